The van der Waals surface area contributed by atoms with E-state index in [1.807, 2.05) is 61.7 Å². The van der Waals surface area contributed by atoms with E-state index < -0.39 is 11.2 Å². The number of amides is 1. The van der Waals surface area contributed by atoms with Crippen molar-refractivity contribution in [3.05, 3.63) is 81.1 Å². The maximum Gasteiger partial charge on any atom is 0.330 e. The van der Waals surface area contributed by atoms with Crippen LogP contribution in [0, 0.1) is 0 Å². The van der Waals surface area contributed by atoms with Crippen LogP contribution in [0.15, 0.2) is 69.5 Å². The van der Waals surface area contributed by atoms with Crippen LogP contribution in [0.1, 0.15) is 18.9 Å². The molecule has 10 nitrogen and oxygen atoms in total. The summed E-state index contributed by atoms with van der Waals surface area (Å²) >= 11 is 1.21. The molecule has 1 amide bonds. The maximum atomic E-state index is 13.2. The fraction of sp³-hybridized carbons (Fsp3) is 0.227. The van der Waals surface area contributed by atoms with Gasteiger partial charge in [-0.15, -0.1) is 10.2 Å². The number of rotatable bonds is 8. The summed E-state index contributed by atoms with van der Waals surface area (Å²) in [6, 6.07) is 14.8. The Balaban J connectivity index is 1.63. The normalized spacial score (nSPS) is 11.1. The Labute approximate surface area is 193 Å². The van der Waals surface area contributed by atoms with Gasteiger partial charge >= 0.3 is 5.69 Å². The topological polar surface area (TPSA) is 131 Å². The van der Waals surface area contributed by atoms with Gasteiger partial charge in [0.15, 0.2) is 16.5 Å². The Morgan fingerprint density at radius 2 is 1.88 bits per heavy atom. The molecule has 0 unspecified atom stereocenters. The fourth-order valence-electron chi connectivity index (χ4n) is 3.47. The Hall–Kier alpha value is -3.86. The molecule has 0 atom stereocenters. The lowest BCUT2D eigenvalue weighted by atomic mass is 10.2. The highest BCUT2D eigenvalue weighted by atomic mass is 32.2. The third-order valence-electron chi connectivity index (χ3n) is 5.02. The van der Waals surface area contributed by atoms with Crippen molar-refractivity contribution in [1.29, 1.82) is 0 Å². The Morgan fingerprint density at radius 1 is 1.12 bits per heavy atom. The minimum atomic E-state index is -0.693. The molecule has 4 rings (SSSR count). The van der Waals surface area contributed by atoms with Crippen LogP contribution in [0.2, 0.25) is 0 Å². The third-order valence-corrected chi connectivity index (χ3v) is 5.95. The molecule has 0 aliphatic heterocycles. The van der Waals surface area contributed by atoms with Crippen molar-refractivity contribution < 1.29 is 4.79 Å². The van der Waals surface area contributed by atoms with Gasteiger partial charge < -0.3 is 10.6 Å². The highest BCUT2D eigenvalue weighted by Gasteiger charge is 2.24. The van der Waals surface area contributed by atoms with E-state index in [2.05, 4.69) is 15.2 Å². The van der Waals surface area contributed by atoms with Crippen molar-refractivity contribution in [1.82, 2.24) is 24.1 Å². The van der Waals surface area contributed by atoms with E-state index in [4.69, 9.17) is 5.73 Å². The van der Waals surface area contributed by atoms with Crippen LogP contribution < -0.4 is 21.9 Å². The number of thioether (sulfide) groups is 1. The number of aromatic amines is 1. The van der Waals surface area contributed by atoms with Crippen molar-refractivity contribution in [3.8, 4) is 0 Å². The van der Waals surface area contributed by atoms with Gasteiger partial charge in [0, 0.05) is 12.7 Å². The lowest BCUT2D eigenvalue weighted by molar-refractivity contribution is -0.116. The summed E-state index contributed by atoms with van der Waals surface area (Å²) < 4.78 is 3.05. The quantitative estimate of drug-likeness (QED) is 0.379. The molecule has 0 saturated carbocycles. The number of fused-ring (bicyclic) bond motifs is 1. The molecule has 3 heterocycles. The number of nitrogens with zero attached hydrogens (tertiary/aromatic N) is 5. The molecule has 170 valence electrons. The zero-order valence-corrected chi connectivity index (χ0v) is 18.8. The smallest absolute Gasteiger partial charge is 0.330 e. The van der Waals surface area contributed by atoms with E-state index in [1.54, 1.807) is 4.40 Å². The highest BCUT2D eigenvalue weighted by molar-refractivity contribution is 7.99. The number of aromatic nitrogens is 5. The largest absolute Gasteiger partial charge is 0.383 e. The molecule has 3 N–H and O–H groups in total. The predicted octanol–water partition coefficient (Wildman–Crippen LogP) is 1.75. The maximum absolute atomic E-state index is 13.2. The molecule has 0 fully saturated rings. The average Bonchev–Trinajstić information content (AvgIpc) is 3.23. The van der Waals surface area contributed by atoms with Gasteiger partial charge in [-0.2, -0.15) is 0 Å². The number of pyridine rings is 1. The zero-order chi connectivity index (χ0) is 23.4. The molecule has 11 heteroatoms. The lowest BCUT2D eigenvalue weighted by Crippen LogP contribution is -2.42. The van der Waals surface area contributed by atoms with Crippen molar-refractivity contribution in [2.24, 2.45) is 0 Å². The first kappa shape index (κ1) is 22.3. The molecular formula is C22H23N7O3S. The number of benzene rings is 1. The van der Waals surface area contributed by atoms with E-state index in [-0.39, 0.29) is 36.3 Å². The van der Waals surface area contributed by atoms with E-state index in [9.17, 15) is 14.4 Å². The van der Waals surface area contributed by atoms with Crippen LogP contribution in [0.25, 0.3) is 5.65 Å². The zero-order valence-electron chi connectivity index (χ0n) is 18.0. The van der Waals surface area contributed by atoms with Crippen LogP contribution in [0.4, 0.5) is 11.5 Å². The van der Waals surface area contributed by atoms with Gasteiger partial charge in [-0.05, 0) is 24.1 Å². The number of hydrogen-bond donors (Lipinski definition) is 2. The molecule has 0 bridgehead atoms. The van der Waals surface area contributed by atoms with Gasteiger partial charge in [-0.1, -0.05) is 55.1 Å². The van der Waals surface area contributed by atoms with Crippen molar-refractivity contribution in [2.45, 2.75) is 25.0 Å². The Kier molecular flexibility index (Phi) is 6.59. The summed E-state index contributed by atoms with van der Waals surface area (Å²) in [6.45, 7) is 2.34. The van der Waals surface area contributed by atoms with Crippen molar-refractivity contribution >= 4 is 34.8 Å². The Morgan fingerprint density at radius 3 is 2.64 bits per heavy atom. The first-order chi connectivity index (χ1) is 16.0. The monoisotopic (exact) mass is 465 g/mol. The van der Waals surface area contributed by atoms with Crippen molar-refractivity contribution in [3.63, 3.8) is 0 Å². The SMILES string of the molecule is CCCN(C(=O)CSc1nnc2ccccn12)c1c(N)n(Cc2ccccc2)c(=O)[nH]c1=O. The second kappa shape index (κ2) is 9.74. The van der Waals surface area contributed by atoms with E-state index in [0.29, 0.717) is 17.2 Å². The first-order valence-electron chi connectivity index (χ1n) is 10.4. The second-order valence-electron chi connectivity index (χ2n) is 7.31. The first-order valence-corrected chi connectivity index (χ1v) is 11.4. The van der Waals surface area contributed by atoms with E-state index in [1.165, 1.54) is 21.2 Å². The average molecular weight is 466 g/mol. The number of nitrogen functional groups attached to an aromatic ring is 1. The standard InChI is InChI=1S/C22H23N7O3S/c1-2-11-28(17(30)14-33-22-26-25-16-10-6-7-12-27(16)22)18-19(23)29(21(32)24-20(18)31)13-15-8-4-3-5-9-15/h3-10,12H,2,11,13-14,23H2,1H3,(H,24,31,32). The predicted molar refractivity (Wildman–Crippen MR) is 128 cm³/mol. The Bertz CT molecular complexity index is 1390. The van der Waals surface area contributed by atoms with Gasteiger partial charge in [-0.25, -0.2) is 4.79 Å². The molecule has 0 aliphatic rings. The van der Waals surface area contributed by atoms with Crippen molar-refractivity contribution in [2.75, 3.05) is 22.9 Å². The van der Waals surface area contributed by atoms with E-state index in [0.717, 1.165) is 5.56 Å². The van der Waals surface area contributed by atoms with Crippen LogP contribution in [0.3, 0.4) is 0 Å². The molecule has 0 saturated heterocycles. The number of hydrogen-bond acceptors (Lipinski definition) is 7. The summed E-state index contributed by atoms with van der Waals surface area (Å²) in [4.78, 5) is 42.0. The van der Waals surface area contributed by atoms with Crippen LogP contribution in [-0.4, -0.2) is 42.4 Å². The van der Waals surface area contributed by atoms with Crippen LogP contribution in [0.5, 0.6) is 0 Å². The molecule has 4 aromatic rings. The molecule has 0 aliphatic carbocycles. The van der Waals surface area contributed by atoms with Crippen LogP contribution >= 0.6 is 11.8 Å². The number of nitrogens with one attached hydrogen (secondary N) is 1. The summed E-state index contributed by atoms with van der Waals surface area (Å²) in [6.07, 6.45) is 2.41. The molecule has 3 aromatic heterocycles. The molecule has 0 spiro atoms. The number of carbonyl (C=O) groups is 1. The van der Waals surface area contributed by atoms with E-state index >= 15 is 0 Å². The number of anilines is 2. The van der Waals surface area contributed by atoms with Crippen LogP contribution in [-0.2, 0) is 11.3 Å². The molecule has 33 heavy (non-hydrogen) atoms. The minimum Gasteiger partial charge on any atom is -0.383 e. The number of carbonyl (C=O) groups excluding carboxylic acids is 1. The van der Waals surface area contributed by atoms with Gasteiger partial charge in [0.2, 0.25) is 5.91 Å². The third kappa shape index (κ3) is 4.67. The summed E-state index contributed by atoms with van der Waals surface area (Å²) in [7, 11) is 0. The molecule has 0 radical (unpaired) electrons. The molecule has 1 aromatic carbocycles. The van der Waals surface area contributed by atoms with Gasteiger partial charge in [0.05, 0.1) is 12.3 Å². The van der Waals surface area contributed by atoms with Gasteiger partial charge in [0.25, 0.3) is 5.56 Å². The van der Waals surface area contributed by atoms with Gasteiger partial charge in [0.1, 0.15) is 5.82 Å². The number of nitrogens with two attached hydrogens (primary N) is 1. The minimum absolute atomic E-state index is 0.0202. The summed E-state index contributed by atoms with van der Waals surface area (Å²) in [5.41, 5.74) is 6.45. The highest BCUT2D eigenvalue weighted by Crippen LogP contribution is 2.22. The summed E-state index contributed by atoms with van der Waals surface area (Å²) in [5.74, 6) is -0.351. The molecular weight excluding hydrogens is 442 g/mol. The number of H-pyrrole nitrogens is 1. The second-order valence-corrected chi connectivity index (χ2v) is 8.25. The summed E-state index contributed by atoms with van der Waals surface area (Å²) in [5, 5.41) is 8.76. The fourth-order valence-corrected chi connectivity index (χ4v) is 4.27. The van der Waals surface area contributed by atoms with Gasteiger partial charge in [-0.3, -0.25) is 23.5 Å². The lowest BCUT2D eigenvalue weighted by Gasteiger charge is -2.24.